The maximum atomic E-state index is 12.8. The van der Waals surface area contributed by atoms with Crippen LogP contribution in [0.3, 0.4) is 0 Å². The lowest BCUT2D eigenvalue weighted by molar-refractivity contribution is -0.148. The van der Waals surface area contributed by atoms with Gasteiger partial charge in [-0.05, 0) is 28.2 Å². The van der Waals surface area contributed by atoms with Crippen LogP contribution < -0.4 is 5.32 Å². The number of rotatable bonds is 7. The zero-order chi connectivity index (χ0) is 23.5. The van der Waals surface area contributed by atoms with Crippen molar-refractivity contribution in [3.8, 4) is 11.1 Å². The first-order valence-electron chi connectivity index (χ1n) is 11.1. The molecular weight excluding hydrogens is 440 g/mol. The highest BCUT2D eigenvalue weighted by Gasteiger charge is 2.36. The maximum Gasteiger partial charge on any atom is 0.407 e. The number of benzene rings is 2. The van der Waals surface area contributed by atoms with E-state index in [9.17, 15) is 19.5 Å². The first-order valence-corrected chi connectivity index (χ1v) is 12.2. The first kappa shape index (κ1) is 23.2. The molecule has 2 aromatic carbocycles. The molecule has 0 saturated carbocycles. The second-order valence-corrected chi connectivity index (χ2v) is 9.74. The second kappa shape index (κ2) is 9.87. The van der Waals surface area contributed by atoms with E-state index in [1.807, 2.05) is 38.1 Å². The number of nitrogens with one attached hydrogen (secondary N) is 1. The summed E-state index contributed by atoms with van der Waals surface area (Å²) < 4.78 is 5.61. The van der Waals surface area contributed by atoms with Gasteiger partial charge in [-0.2, -0.15) is 0 Å². The third-order valence-electron chi connectivity index (χ3n) is 6.33. The molecule has 2 N–H and O–H groups in total. The lowest BCUT2D eigenvalue weighted by atomic mass is 9.98. The van der Waals surface area contributed by atoms with Gasteiger partial charge in [0, 0.05) is 24.1 Å². The summed E-state index contributed by atoms with van der Waals surface area (Å²) >= 11 is 1.42. The van der Waals surface area contributed by atoms with Crippen molar-refractivity contribution in [2.24, 2.45) is 5.92 Å². The molecule has 8 heteroatoms. The molecule has 1 heterocycles. The Balaban J connectivity index is 1.38. The zero-order valence-corrected chi connectivity index (χ0v) is 19.5. The predicted molar refractivity (Wildman–Crippen MR) is 127 cm³/mol. The highest BCUT2D eigenvalue weighted by atomic mass is 32.2. The monoisotopic (exact) mass is 468 g/mol. The third kappa shape index (κ3) is 4.85. The molecule has 4 rings (SSSR count). The number of thioether (sulfide) groups is 1. The minimum Gasteiger partial charge on any atom is -0.480 e. The minimum absolute atomic E-state index is 0.0204. The van der Waals surface area contributed by atoms with Gasteiger partial charge in [0.15, 0.2) is 0 Å². The maximum absolute atomic E-state index is 12.8. The highest BCUT2D eigenvalue weighted by Crippen LogP contribution is 2.44. The van der Waals surface area contributed by atoms with Gasteiger partial charge >= 0.3 is 12.1 Å². The van der Waals surface area contributed by atoms with E-state index >= 15 is 0 Å². The Morgan fingerprint density at radius 1 is 1.09 bits per heavy atom. The molecule has 0 unspecified atom stereocenters. The fraction of sp³-hybridized carbons (Fsp3) is 0.400. The van der Waals surface area contributed by atoms with Crippen molar-refractivity contribution in [2.75, 3.05) is 18.2 Å². The van der Waals surface area contributed by atoms with E-state index in [0.717, 1.165) is 22.3 Å². The predicted octanol–water partition coefficient (Wildman–Crippen LogP) is 3.93. The van der Waals surface area contributed by atoms with Gasteiger partial charge in [-0.25, -0.2) is 9.59 Å². The van der Waals surface area contributed by atoms with Gasteiger partial charge in [-0.3, -0.25) is 4.79 Å². The smallest absolute Gasteiger partial charge is 0.407 e. The third-order valence-corrected chi connectivity index (χ3v) is 7.35. The van der Waals surface area contributed by atoms with E-state index in [0.29, 0.717) is 11.6 Å². The molecule has 174 valence electrons. The van der Waals surface area contributed by atoms with Crippen molar-refractivity contribution in [2.45, 2.75) is 38.3 Å². The molecule has 1 aliphatic carbocycles. The van der Waals surface area contributed by atoms with Gasteiger partial charge in [0.05, 0.1) is 5.88 Å². The summed E-state index contributed by atoms with van der Waals surface area (Å²) in [6.45, 7) is 4.02. The normalized spacial score (nSPS) is 18.0. The Morgan fingerprint density at radius 2 is 1.70 bits per heavy atom. The number of carbonyl (C=O) groups excluding carboxylic acids is 2. The van der Waals surface area contributed by atoms with Gasteiger partial charge in [-0.1, -0.05) is 62.4 Å². The summed E-state index contributed by atoms with van der Waals surface area (Å²) in [7, 11) is 0. The summed E-state index contributed by atoms with van der Waals surface area (Å²) in [6.07, 6.45) is -0.541. The molecule has 1 saturated heterocycles. The Hall–Kier alpha value is -3.00. The van der Waals surface area contributed by atoms with Crippen molar-refractivity contribution in [1.29, 1.82) is 0 Å². The van der Waals surface area contributed by atoms with Gasteiger partial charge in [-0.15, -0.1) is 11.8 Å². The largest absolute Gasteiger partial charge is 0.480 e. The van der Waals surface area contributed by atoms with Crippen molar-refractivity contribution in [1.82, 2.24) is 10.2 Å². The average molecular weight is 469 g/mol. The fourth-order valence-electron chi connectivity index (χ4n) is 4.44. The van der Waals surface area contributed by atoms with Crippen LogP contribution in [0.5, 0.6) is 0 Å². The molecule has 2 aromatic rings. The van der Waals surface area contributed by atoms with Crippen molar-refractivity contribution in [3.63, 3.8) is 0 Å². The molecule has 33 heavy (non-hydrogen) atoms. The number of fused-ring (bicyclic) bond motifs is 3. The minimum atomic E-state index is -1.00. The lowest BCUT2D eigenvalue weighted by Gasteiger charge is -2.26. The topological polar surface area (TPSA) is 95.9 Å². The number of alkyl carbamates (subject to hydrolysis) is 1. The molecule has 0 aromatic heterocycles. The SMILES string of the molecule is CC(C)[C@H](CC(=O)N1CSC[C@H]1C(=O)O)NC(=O)OCC1c2ccccc2-c2ccccc21. The van der Waals surface area contributed by atoms with E-state index in [4.69, 9.17) is 4.74 Å². The molecule has 0 radical (unpaired) electrons. The Kier molecular flexibility index (Phi) is 6.93. The number of carboxylic acids is 1. The van der Waals surface area contributed by atoms with Crippen LogP contribution >= 0.6 is 11.8 Å². The van der Waals surface area contributed by atoms with Gasteiger partial charge < -0.3 is 20.1 Å². The Bertz CT molecular complexity index is 1010. The number of hydrogen-bond donors (Lipinski definition) is 2. The number of carboxylic acid groups (broad SMARTS) is 1. The molecule has 2 aliphatic rings. The highest BCUT2D eigenvalue weighted by molar-refractivity contribution is 7.99. The quantitative estimate of drug-likeness (QED) is 0.639. The van der Waals surface area contributed by atoms with Crippen LogP contribution in [-0.4, -0.2) is 58.3 Å². The van der Waals surface area contributed by atoms with Crippen molar-refractivity contribution < 1.29 is 24.2 Å². The van der Waals surface area contributed by atoms with E-state index in [1.165, 1.54) is 16.7 Å². The Labute approximate surface area is 197 Å². The summed E-state index contributed by atoms with van der Waals surface area (Å²) in [5.74, 6) is -0.601. The first-order chi connectivity index (χ1) is 15.9. The molecule has 1 fully saturated rings. The van der Waals surface area contributed by atoms with Crippen LogP contribution in [0.25, 0.3) is 11.1 Å². The van der Waals surface area contributed by atoms with Crippen LogP contribution in [0.15, 0.2) is 48.5 Å². The molecule has 0 bridgehead atoms. The van der Waals surface area contributed by atoms with Crippen LogP contribution in [0.1, 0.15) is 37.3 Å². The van der Waals surface area contributed by atoms with E-state index < -0.39 is 24.1 Å². The Morgan fingerprint density at radius 3 is 2.27 bits per heavy atom. The summed E-state index contributed by atoms with van der Waals surface area (Å²) in [5, 5.41) is 12.2. The number of carbonyl (C=O) groups is 3. The summed E-state index contributed by atoms with van der Waals surface area (Å²) in [4.78, 5) is 38.2. The zero-order valence-electron chi connectivity index (χ0n) is 18.7. The average Bonchev–Trinajstić information content (AvgIpc) is 3.41. The van der Waals surface area contributed by atoms with E-state index in [-0.39, 0.29) is 30.8 Å². The van der Waals surface area contributed by atoms with Gasteiger partial charge in [0.2, 0.25) is 5.91 Å². The number of aliphatic carboxylic acids is 1. The summed E-state index contributed by atoms with van der Waals surface area (Å²) in [5.41, 5.74) is 4.58. The molecule has 2 atom stereocenters. The number of amides is 2. The second-order valence-electron chi connectivity index (χ2n) is 8.74. The molecule has 1 aliphatic heterocycles. The van der Waals surface area contributed by atoms with E-state index in [2.05, 4.69) is 29.6 Å². The summed E-state index contributed by atoms with van der Waals surface area (Å²) in [6, 6.07) is 15.0. The molecule has 7 nitrogen and oxygen atoms in total. The van der Waals surface area contributed by atoms with Crippen LogP contribution in [0.4, 0.5) is 4.79 Å². The van der Waals surface area contributed by atoms with Gasteiger partial charge in [0.1, 0.15) is 12.6 Å². The number of ether oxygens (including phenoxy) is 1. The van der Waals surface area contributed by atoms with E-state index in [1.54, 1.807) is 0 Å². The fourth-order valence-corrected chi connectivity index (χ4v) is 5.62. The van der Waals surface area contributed by atoms with Crippen LogP contribution in [0.2, 0.25) is 0 Å². The van der Waals surface area contributed by atoms with Crippen LogP contribution in [0, 0.1) is 5.92 Å². The van der Waals surface area contributed by atoms with Gasteiger partial charge in [0.25, 0.3) is 0 Å². The number of hydrogen-bond acceptors (Lipinski definition) is 5. The molecular formula is C25H28N2O5S. The van der Waals surface area contributed by atoms with Crippen molar-refractivity contribution in [3.05, 3.63) is 59.7 Å². The molecule has 2 amide bonds. The van der Waals surface area contributed by atoms with Crippen LogP contribution in [-0.2, 0) is 14.3 Å². The standard InChI is InChI=1S/C25H28N2O5S/c1-15(2)21(11-23(28)27-14-33-13-22(27)24(29)30)26-25(31)32-12-20-18-9-5-3-7-16(18)17-8-4-6-10-19(17)20/h3-10,15,20-22H,11-14H2,1-2H3,(H,26,31)(H,29,30)/t21-,22-/m0/s1. The van der Waals surface area contributed by atoms with Crippen molar-refractivity contribution >= 4 is 29.7 Å². The molecule has 0 spiro atoms. The number of nitrogens with zero attached hydrogens (tertiary/aromatic N) is 1. The lowest BCUT2D eigenvalue weighted by Crippen LogP contribution is -2.47.